The van der Waals surface area contributed by atoms with Crippen LogP contribution in [0.2, 0.25) is 0 Å². The minimum absolute atomic E-state index is 0.364. The summed E-state index contributed by atoms with van der Waals surface area (Å²) in [7, 11) is 0. The monoisotopic (exact) mass is 806 g/mol. The fourth-order valence-electron chi connectivity index (χ4n) is 11.1. The van der Waals surface area contributed by atoms with Crippen LogP contribution in [-0.4, -0.2) is 23.6 Å². The van der Waals surface area contributed by atoms with Crippen molar-refractivity contribution >= 4 is 78.1 Å². The van der Waals surface area contributed by atoms with E-state index in [9.17, 15) is 19.2 Å². The lowest BCUT2D eigenvalue weighted by molar-refractivity contribution is 0.0877. The van der Waals surface area contributed by atoms with Crippen molar-refractivity contribution in [2.24, 2.45) is 0 Å². The zero-order valence-corrected chi connectivity index (χ0v) is 35.9. The van der Waals surface area contributed by atoms with E-state index in [4.69, 9.17) is 0 Å². The maximum Gasteiger partial charge on any atom is 0.266 e. The quantitative estimate of drug-likeness (QED) is 0.101. The van der Waals surface area contributed by atoms with E-state index in [1.54, 1.807) is 0 Å². The van der Waals surface area contributed by atoms with Gasteiger partial charge in [-0.15, -0.1) is 0 Å². The highest BCUT2D eigenvalue weighted by Gasteiger charge is 2.39. The number of nitrogens with zero attached hydrogens (tertiary/aromatic N) is 2. The minimum atomic E-state index is -0.364. The van der Waals surface area contributed by atoms with Crippen LogP contribution in [0.1, 0.15) is 85.9 Å². The second-order valence-corrected chi connectivity index (χ2v) is 17.5. The first-order chi connectivity index (χ1) is 29.8. The van der Waals surface area contributed by atoms with Crippen LogP contribution < -0.4 is 9.80 Å². The number of fused-ring (bicyclic) bond motifs is 2. The molecule has 0 atom stereocenters. The summed E-state index contributed by atoms with van der Waals surface area (Å²) in [4.78, 5) is 61.5. The molecule has 2 aliphatic rings. The van der Waals surface area contributed by atoms with E-state index in [-0.39, 0.29) is 23.6 Å². The number of carbonyl (C=O) groups is 4. The fraction of sp³-hybridized carbons (Fsp3) is 0.143. The van der Waals surface area contributed by atoms with Crippen LogP contribution in [0.15, 0.2) is 109 Å². The smallest absolute Gasteiger partial charge is 0.266 e. The molecule has 0 radical (unpaired) electrons. The first-order valence-electron chi connectivity index (χ1n) is 21.1. The van der Waals surface area contributed by atoms with Crippen LogP contribution in [-0.2, 0) is 0 Å². The van der Waals surface area contributed by atoms with E-state index >= 15 is 0 Å². The van der Waals surface area contributed by atoms with Crippen LogP contribution in [0.5, 0.6) is 0 Å². The number of anilines is 2. The molecule has 0 bridgehead atoms. The molecule has 0 N–H and O–H groups in total. The Balaban J connectivity index is 1.04. The van der Waals surface area contributed by atoms with Gasteiger partial charge in [0, 0.05) is 33.0 Å². The van der Waals surface area contributed by atoms with Gasteiger partial charge in [-0.1, -0.05) is 60.7 Å². The molecule has 0 aliphatic carbocycles. The molecule has 0 unspecified atom stereocenters. The third kappa shape index (κ3) is 4.92. The summed E-state index contributed by atoms with van der Waals surface area (Å²) in [5.41, 5.74) is 15.5. The summed E-state index contributed by atoms with van der Waals surface area (Å²) in [5.74, 6) is -1.45. The summed E-state index contributed by atoms with van der Waals surface area (Å²) in [5, 5.41) is 6.31. The van der Waals surface area contributed by atoms with Gasteiger partial charge in [-0.3, -0.25) is 19.2 Å². The number of hydrogen-bond acceptors (Lipinski definition) is 4. The Labute approximate surface area is 359 Å². The molecule has 2 heterocycles. The summed E-state index contributed by atoms with van der Waals surface area (Å²) < 4.78 is 0. The van der Waals surface area contributed by atoms with Gasteiger partial charge in [0.2, 0.25) is 0 Å². The summed E-state index contributed by atoms with van der Waals surface area (Å²) in [6, 6.07) is 35.9. The van der Waals surface area contributed by atoms with Gasteiger partial charge >= 0.3 is 0 Å². The number of imide groups is 2. The van der Waals surface area contributed by atoms with Crippen molar-refractivity contribution in [3.8, 4) is 22.3 Å². The average Bonchev–Trinajstić information content (AvgIpc) is 3.23. The van der Waals surface area contributed by atoms with E-state index in [0.717, 1.165) is 99.1 Å². The average molecular weight is 807 g/mol. The molecule has 0 fully saturated rings. The van der Waals surface area contributed by atoms with Gasteiger partial charge < -0.3 is 0 Å². The van der Waals surface area contributed by atoms with Crippen molar-refractivity contribution in [1.82, 2.24) is 0 Å². The topological polar surface area (TPSA) is 74.8 Å². The van der Waals surface area contributed by atoms with Crippen molar-refractivity contribution < 1.29 is 19.2 Å². The summed E-state index contributed by atoms with van der Waals surface area (Å²) >= 11 is 0. The standard InChI is InChI=1S/C56H42N2O4/c1-27-11-9-12-28(2)45(27)35-23-31(5)51(32(6)24-35)57-53(59)41-19-15-37-39-17-21-43-50-44(22-18-40(48(39)50)38-16-20-42(54(57)60)49(41)47(37)38)56(62)58(55(43)61)52-33(7)25-36(26-34(52)8)46-29(3)13-10-14-30(46)4/h9-26H,1-8H3. The zero-order valence-electron chi connectivity index (χ0n) is 35.9. The lowest BCUT2D eigenvalue weighted by Gasteiger charge is -2.32. The van der Waals surface area contributed by atoms with Gasteiger partial charge in [0.1, 0.15) is 0 Å². The van der Waals surface area contributed by atoms with Gasteiger partial charge in [0.05, 0.1) is 11.4 Å². The fourth-order valence-corrected chi connectivity index (χ4v) is 11.1. The van der Waals surface area contributed by atoms with Crippen LogP contribution in [0.3, 0.4) is 0 Å². The third-order valence-electron chi connectivity index (χ3n) is 13.6. The Morgan fingerprint density at radius 2 is 0.565 bits per heavy atom. The van der Waals surface area contributed by atoms with Gasteiger partial charge in [0.15, 0.2) is 0 Å². The Morgan fingerprint density at radius 3 is 0.823 bits per heavy atom. The Morgan fingerprint density at radius 1 is 0.306 bits per heavy atom. The molecule has 11 rings (SSSR count). The van der Waals surface area contributed by atoms with Crippen molar-refractivity contribution in [2.45, 2.75) is 55.4 Å². The molecule has 0 saturated carbocycles. The minimum Gasteiger partial charge on any atom is -0.268 e. The van der Waals surface area contributed by atoms with E-state index in [0.29, 0.717) is 44.4 Å². The molecular weight excluding hydrogens is 765 g/mol. The number of benzene rings is 9. The summed E-state index contributed by atoms with van der Waals surface area (Å²) in [6.07, 6.45) is 0. The Kier molecular flexibility index (Phi) is 7.89. The normalized spacial score (nSPS) is 13.9. The van der Waals surface area contributed by atoms with Gasteiger partial charge in [-0.25, -0.2) is 9.80 Å². The zero-order chi connectivity index (χ0) is 43.2. The molecule has 300 valence electrons. The molecule has 6 heteroatoms. The maximum absolute atomic E-state index is 14.7. The molecule has 6 nitrogen and oxygen atoms in total. The molecule has 0 aromatic heterocycles. The number of carbonyl (C=O) groups excluding carboxylic acids is 4. The van der Waals surface area contributed by atoms with Crippen molar-refractivity contribution in [3.63, 3.8) is 0 Å². The highest BCUT2D eigenvalue weighted by Crippen LogP contribution is 2.48. The van der Waals surface area contributed by atoms with Crippen molar-refractivity contribution in [3.05, 3.63) is 176 Å². The highest BCUT2D eigenvalue weighted by molar-refractivity contribution is 6.45. The molecule has 0 saturated heterocycles. The van der Waals surface area contributed by atoms with Gasteiger partial charge in [-0.05, 0) is 203 Å². The molecular formula is C56H42N2O4. The SMILES string of the molecule is Cc1cccc(C)c1-c1cc(C)c(N2C(=O)c3ccc4c5ccc6c7c(ccc(c8ccc(c3c48)C2=O)c75)C(=O)N(c2c(C)cc(-c3c(C)cccc3C)cc2C)C6=O)c(C)c1. The number of rotatable bonds is 4. The highest BCUT2D eigenvalue weighted by atomic mass is 16.2. The number of aryl methyl sites for hydroxylation is 8. The molecule has 62 heavy (non-hydrogen) atoms. The second-order valence-electron chi connectivity index (χ2n) is 17.5. The molecule has 2 aliphatic heterocycles. The van der Waals surface area contributed by atoms with Crippen LogP contribution >= 0.6 is 0 Å². The predicted molar refractivity (Wildman–Crippen MR) is 252 cm³/mol. The van der Waals surface area contributed by atoms with E-state index < -0.39 is 0 Å². The lowest BCUT2D eigenvalue weighted by atomic mass is 9.82. The van der Waals surface area contributed by atoms with Crippen LogP contribution in [0, 0.1) is 55.4 Å². The maximum atomic E-state index is 14.7. The van der Waals surface area contributed by atoms with E-state index in [1.807, 2.05) is 76.2 Å². The Bertz CT molecular complexity index is 3150. The van der Waals surface area contributed by atoms with Crippen LogP contribution in [0.25, 0.3) is 65.3 Å². The van der Waals surface area contributed by atoms with Gasteiger partial charge in [0.25, 0.3) is 23.6 Å². The van der Waals surface area contributed by atoms with Crippen molar-refractivity contribution in [2.75, 3.05) is 9.80 Å². The van der Waals surface area contributed by atoms with Gasteiger partial charge in [-0.2, -0.15) is 0 Å². The van der Waals surface area contributed by atoms with E-state index in [2.05, 4.69) is 88.4 Å². The number of amides is 4. The van der Waals surface area contributed by atoms with Crippen LogP contribution in [0.4, 0.5) is 11.4 Å². The Hall–Kier alpha value is -7.44. The first kappa shape index (κ1) is 37.6. The summed E-state index contributed by atoms with van der Waals surface area (Å²) in [6.45, 7) is 16.2. The van der Waals surface area contributed by atoms with E-state index in [1.165, 1.54) is 9.80 Å². The second kappa shape index (κ2) is 13.0. The third-order valence-corrected chi connectivity index (χ3v) is 13.6. The lowest BCUT2D eigenvalue weighted by Crippen LogP contribution is -2.41. The molecule has 9 aromatic carbocycles. The predicted octanol–water partition coefficient (Wildman–Crippen LogP) is 13.1. The first-order valence-corrected chi connectivity index (χ1v) is 21.1. The molecule has 0 spiro atoms. The largest absolute Gasteiger partial charge is 0.268 e. The molecule has 9 aromatic rings. The number of hydrogen-bond donors (Lipinski definition) is 0. The van der Waals surface area contributed by atoms with Crippen molar-refractivity contribution in [1.29, 1.82) is 0 Å². The molecule has 4 amide bonds.